The molecule has 0 spiro atoms. The molecule has 1 aromatic carbocycles. The second-order valence-corrected chi connectivity index (χ2v) is 5.43. The highest BCUT2D eigenvalue weighted by molar-refractivity contribution is 7.84. The fraction of sp³-hybridized carbons (Fsp3) is 0.222. The summed E-state index contributed by atoms with van der Waals surface area (Å²) < 4.78 is 12.3. The SMILES string of the molecule is Cc1nc2cc([S@](C)=O)ccc2s1. The molecule has 68 valence electrons. The summed E-state index contributed by atoms with van der Waals surface area (Å²) in [5.74, 6) is 0. The van der Waals surface area contributed by atoms with Crippen molar-refractivity contribution in [3.63, 3.8) is 0 Å². The van der Waals surface area contributed by atoms with Gasteiger partial charge in [-0.25, -0.2) is 4.98 Å². The van der Waals surface area contributed by atoms with Crippen LogP contribution in [0.1, 0.15) is 5.01 Å². The Labute approximate surface area is 83.1 Å². The summed E-state index contributed by atoms with van der Waals surface area (Å²) in [5, 5.41) is 1.05. The van der Waals surface area contributed by atoms with Gasteiger partial charge in [0.05, 0.1) is 15.2 Å². The average Bonchev–Trinajstić information content (AvgIpc) is 2.42. The van der Waals surface area contributed by atoms with E-state index in [0.29, 0.717) is 0 Å². The highest BCUT2D eigenvalue weighted by Gasteiger charge is 2.03. The predicted molar refractivity (Wildman–Crippen MR) is 56.7 cm³/mol. The minimum absolute atomic E-state index is 0.845. The van der Waals surface area contributed by atoms with E-state index in [0.717, 1.165) is 20.1 Å². The lowest BCUT2D eigenvalue weighted by Gasteiger charge is -1.93. The lowest BCUT2D eigenvalue weighted by Crippen LogP contribution is -1.85. The van der Waals surface area contributed by atoms with Gasteiger partial charge in [0.2, 0.25) is 0 Å². The molecule has 2 nitrogen and oxygen atoms in total. The van der Waals surface area contributed by atoms with Gasteiger partial charge in [0.25, 0.3) is 0 Å². The Morgan fingerprint density at radius 1 is 1.46 bits per heavy atom. The highest BCUT2D eigenvalue weighted by atomic mass is 32.2. The van der Waals surface area contributed by atoms with Gasteiger partial charge in [0.1, 0.15) is 0 Å². The lowest BCUT2D eigenvalue weighted by atomic mass is 10.3. The molecule has 0 saturated heterocycles. The maximum absolute atomic E-state index is 11.2. The molecule has 1 atom stereocenters. The normalized spacial score (nSPS) is 13.4. The minimum atomic E-state index is -0.911. The van der Waals surface area contributed by atoms with E-state index in [1.54, 1.807) is 17.6 Å². The monoisotopic (exact) mass is 211 g/mol. The molecule has 0 N–H and O–H groups in total. The molecule has 2 rings (SSSR count). The third-order valence-electron chi connectivity index (χ3n) is 1.80. The van der Waals surface area contributed by atoms with E-state index >= 15 is 0 Å². The molecule has 2 aromatic rings. The molecule has 1 aromatic heterocycles. The zero-order valence-corrected chi connectivity index (χ0v) is 9.04. The minimum Gasteiger partial charge on any atom is -0.255 e. The molecule has 0 aliphatic heterocycles. The molecule has 0 aliphatic rings. The molecular formula is C9H9NOS2. The Bertz CT molecular complexity index is 475. The van der Waals surface area contributed by atoms with Crippen LogP contribution < -0.4 is 0 Å². The molecule has 4 heteroatoms. The van der Waals surface area contributed by atoms with E-state index < -0.39 is 10.8 Å². The van der Waals surface area contributed by atoms with Crippen molar-refractivity contribution in [2.75, 3.05) is 6.26 Å². The van der Waals surface area contributed by atoms with Gasteiger partial charge in [-0.1, -0.05) is 0 Å². The smallest absolute Gasteiger partial charge is 0.0907 e. The van der Waals surface area contributed by atoms with Crippen LogP contribution in [0.3, 0.4) is 0 Å². The summed E-state index contributed by atoms with van der Waals surface area (Å²) in [5.41, 5.74) is 0.954. The number of hydrogen-bond acceptors (Lipinski definition) is 3. The van der Waals surface area contributed by atoms with Gasteiger partial charge in [-0.3, -0.25) is 4.21 Å². The largest absolute Gasteiger partial charge is 0.255 e. The maximum atomic E-state index is 11.2. The molecule has 0 radical (unpaired) electrons. The van der Waals surface area contributed by atoms with Crippen LogP contribution >= 0.6 is 11.3 Å². The van der Waals surface area contributed by atoms with Crippen molar-refractivity contribution in [1.29, 1.82) is 0 Å². The number of hydrogen-bond donors (Lipinski definition) is 0. The molecule has 0 bridgehead atoms. The summed E-state index contributed by atoms with van der Waals surface area (Å²) in [6.07, 6.45) is 1.68. The Kier molecular flexibility index (Phi) is 2.17. The number of rotatable bonds is 1. The van der Waals surface area contributed by atoms with Crippen molar-refractivity contribution in [1.82, 2.24) is 4.98 Å². The van der Waals surface area contributed by atoms with E-state index in [1.807, 2.05) is 25.1 Å². The van der Waals surface area contributed by atoms with Gasteiger partial charge >= 0.3 is 0 Å². The van der Waals surface area contributed by atoms with Crippen LogP contribution in [-0.4, -0.2) is 15.4 Å². The van der Waals surface area contributed by atoms with Crippen LogP contribution in [-0.2, 0) is 10.8 Å². The van der Waals surface area contributed by atoms with E-state index in [4.69, 9.17) is 0 Å². The molecule has 0 saturated carbocycles. The highest BCUT2D eigenvalue weighted by Crippen LogP contribution is 2.23. The Balaban J connectivity index is 2.67. The summed E-state index contributed by atoms with van der Waals surface area (Å²) in [4.78, 5) is 5.19. The first-order valence-corrected chi connectivity index (χ1v) is 6.25. The fourth-order valence-electron chi connectivity index (χ4n) is 1.20. The molecule has 0 unspecified atom stereocenters. The number of nitrogens with zero attached hydrogens (tertiary/aromatic N) is 1. The fourth-order valence-corrected chi connectivity index (χ4v) is 2.55. The zero-order valence-electron chi connectivity index (χ0n) is 7.40. The van der Waals surface area contributed by atoms with Gasteiger partial charge in [-0.05, 0) is 25.1 Å². The number of aryl methyl sites for hydroxylation is 1. The molecule has 0 amide bonds. The first-order valence-electron chi connectivity index (χ1n) is 3.87. The number of aromatic nitrogens is 1. The van der Waals surface area contributed by atoms with E-state index in [9.17, 15) is 4.21 Å². The van der Waals surface area contributed by atoms with Gasteiger partial charge < -0.3 is 0 Å². The topological polar surface area (TPSA) is 30.0 Å². The average molecular weight is 211 g/mol. The predicted octanol–water partition coefficient (Wildman–Crippen LogP) is 2.34. The van der Waals surface area contributed by atoms with Gasteiger partial charge in [0.15, 0.2) is 0 Å². The summed E-state index contributed by atoms with van der Waals surface area (Å²) in [7, 11) is -0.911. The van der Waals surface area contributed by atoms with Gasteiger partial charge in [-0.15, -0.1) is 11.3 Å². The van der Waals surface area contributed by atoms with E-state index in [2.05, 4.69) is 4.98 Å². The maximum Gasteiger partial charge on any atom is 0.0907 e. The van der Waals surface area contributed by atoms with E-state index in [1.165, 1.54) is 0 Å². The number of benzene rings is 1. The first-order chi connectivity index (χ1) is 6.16. The van der Waals surface area contributed by atoms with Crippen LogP contribution in [0.2, 0.25) is 0 Å². The third kappa shape index (κ3) is 1.64. The molecule has 1 heterocycles. The summed E-state index contributed by atoms with van der Waals surface area (Å²) >= 11 is 1.66. The summed E-state index contributed by atoms with van der Waals surface area (Å²) in [6.45, 7) is 1.98. The van der Waals surface area contributed by atoms with Crippen LogP contribution in [0.15, 0.2) is 23.1 Å². The van der Waals surface area contributed by atoms with Crippen molar-refractivity contribution in [3.8, 4) is 0 Å². The molecule has 0 aliphatic carbocycles. The number of thiazole rings is 1. The molecule has 0 fully saturated rings. The van der Waals surface area contributed by atoms with Crippen molar-refractivity contribution in [2.24, 2.45) is 0 Å². The Hall–Kier alpha value is -0.740. The second kappa shape index (κ2) is 3.20. The van der Waals surface area contributed by atoms with Crippen LogP contribution in [0.5, 0.6) is 0 Å². The van der Waals surface area contributed by atoms with E-state index in [-0.39, 0.29) is 0 Å². The van der Waals surface area contributed by atoms with Gasteiger partial charge in [0, 0.05) is 22.0 Å². The van der Waals surface area contributed by atoms with Crippen molar-refractivity contribution in [2.45, 2.75) is 11.8 Å². The Morgan fingerprint density at radius 2 is 2.23 bits per heavy atom. The Morgan fingerprint density at radius 3 is 2.92 bits per heavy atom. The van der Waals surface area contributed by atoms with Crippen LogP contribution in [0.25, 0.3) is 10.2 Å². The van der Waals surface area contributed by atoms with Crippen LogP contribution in [0, 0.1) is 6.92 Å². The van der Waals surface area contributed by atoms with Gasteiger partial charge in [-0.2, -0.15) is 0 Å². The zero-order chi connectivity index (χ0) is 9.42. The number of fused-ring (bicyclic) bond motifs is 1. The third-order valence-corrected chi connectivity index (χ3v) is 3.67. The quantitative estimate of drug-likeness (QED) is 0.724. The lowest BCUT2D eigenvalue weighted by molar-refractivity contribution is 0.687. The van der Waals surface area contributed by atoms with Crippen molar-refractivity contribution >= 4 is 32.4 Å². The standard InChI is InChI=1S/C9H9NOS2/c1-6-10-8-5-7(13(2)11)3-4-9(8)12-6/h3-5H,1-2H3/t13-/m0/s1. The molecular weight excluding hydrogens is 202 g/mol. The molecule has 13 heavy (non-hydrogen) atoms. The second-order valence-electron chi connectivity index (χ2n) is 2.82. The first kappa shape index (κ1) is 8.84. The van der Waals surface area contributed by atoms with Crippen LogP contribution in [0.4, 0.5) is 0 Å². The summed E-state index contributed by atoms with van der Waals surface area (Å²) in [6, 6.07) is 5.78. The van der Waals surface area contributed by atoms with Crippen molar-refractivity contribution in [3.05, 3.63) is 23.2 Å². The van der Waals surface area contributed by atoms with Crippen molar-refractivity contribution < 1.29 is 4.21 Å².